The van der Waals surface area contributed by atoms with Gasteiger partial charge in [-0.25, -0.2) is 18.2 Å². The lowest BCUT2D eigenvalue weighted by atomic mass is 9.94. The molecular weight excluding hydrogens is 745 g/mol. The Morgan fingerprint density at radius 1 is 1.00 bits per heavy atom. The number of imidazole rings is 1. The molecule has 7 rings (SSSR count). The van der Waals surface area contributed by atoms with Crippen LogP contribution in [-0.2, 0) is 42.8 Å². The lowest BCUT2D eigenvalue weighted by Gasteiger charge is -2.33. The number of aliphatic hydroxyl groups excluding tert-OH is 1. The monoisotopic (exact) mass is 786 g/mol. The third-order valence-corrected chi connectivity index (χ3v) is 12.0. The Labute approximate surface area is 316 Å². The summed E-state index contributed by atoms with van der Waals surface area (Å²) in [6.07, 6.45) is -2.66. The number of nitrogens with zero attached hydrogens (tertiary/aromatic N) is 8. The van der Waals surface area contributed by atoms with Gasteiger partial charge in [0.25, 0.3) is 0 Å². The van der Waals surface area contributed by atoms with Crippen LogP contribution in [0.3, 0.4) is 0 Å². The molecule has 1 unspecified atom stereocenters. The van der Waals surface area contributed by atoms with Crippen LogP contribution in [0.15, 0.2) is 59.4 Å². The van der Waals surface area contributed by atoms with Crippen LogP contribution in [0.25, 0.3) is 33.5 Å². The summed E-state index contributed by atoms with van der Waals surface area (Å²) in [6.45, 7) is 1.93. The van der Waals surface area contributed by atoms with Gasteiger partial charge in [0.15, 0.2) is 5.65 Å². The zero-order valence-electron chi connectivity index (χ0n) is 30.4. The molecule has 0 bridgehead atoms. The summed E-state index contributed by atoms with van der Waals surface area (Å²) in [4.78, 5) is 22.1. The van der Waals surface area contributed by atoms with Crippen LogP contribution in [0, 0.1) is 0 Å². The van der Waals surface area contributed by atoms with E-state index in [9.17, 15) is 31.5 Å². The Balaban J connectivity index is 1.13. The molecule has 2 aliphatic heterocycles. The second kappa shape index (κ2) is 14.5. The standard InChI is InChI=1S/C37H42ClF3N8O4S/c1-44(2)33-12-11-32-35(42-33)49(36(51)45(32)3)26-13-16-46(17-14-26)20-27(50)21-48-31-15-18-47(54(4,52)53)22-29(31)34(43-48)24-7-10-30(37(39,40)41)28(19-24)23-5-8-25(38)9-6-23/h5-12,19,26-27,50H,13-18,20-22H2,1-4H3. The van der Waals surface area contributed by atoms with Gasteiger partial charge in [-0.1, -0.05) is 29.8 Å². The Kier molecular flexibility index (Phi) is 10.2. The third kappa shape index (κ3) is 7.41. The van der Waals surface area contributed by atoms with E-state index in [1.807, 2.05) is 31.1 Å². The van der Waals surface area contributed by atoms with Gasteiger partial charge in [-0.05, 0) is 60.4 Å². The maximum absolute atomic E-state index is 14.2. The summed E-state index contributed by atoms with van der Waals surface area (Å²) >= 11 is 6.03. The molecule has 17 heteroatoms. The predicted octanol–water partition coefficient (Wildman–Crippen LogP) is 5.02. The number of fused-ring (bicyclic) bond motifs is 2. The average Bonchev–Trinajstić information content (AvgIpc) is 3.60. The van der Waals surface area contributed by atoms with Crippen LogP contribution in [-0.4, -0.2) is 99.3 Å². The molecule has 54 heavy (non-hydrogen) atoms. The van der Waals surface area contributed by atoms with Crippen molar-refractivity contribution in [2.45, 2.75) is 50.7 Å². The number of hydrogen-bond donors (Lipinski definition) is 1. The van der Waals surface area contributed by atoms with Crippen molar-refractivity contribution in [1.29, 1.82) is 0 Å². The van der Waals surface area contributed by atoms with Crippen LogP contribution < -0.4 is 10.6 Å². The average molecular weight is 787 g/mol. The molecule has 0 spiro atoms. The molecule has 0 radical (unpaired) electrons. The molecule has 3 aromatic heterocycles. The number of likely N-dealkylation sites (tertiary alicyclic amines) is 1. The van der Waals surface area contributed by atoms with Gasteiger partial charge < -0.3 is 14.9 Å². The van der Waals surface area contributed by atoms with E-state index in [-0.39, 0.29) is 36.9 Å². The highest BCUT2D eigenvalue weighted by atomic mass is 35.5. The van der Waals surface area contributed by atoms with Gasteiger partial charge in [0.05, 0.1) is 35.7 Å². The van der Waals surface area contributed by atoms with Gasteiger partial charge in [0.1, 0.15) is 5.82 Å². The van der Waals surface area contributed by atoms with Crippen LogP contribution in [0.5, 0.6) is 0 Å². The first-order valence-corrected chi connectivity index (χ1v) is 19.9. The number of hydrogen-bond acceptors (Lipinski definition) is 8. The number of β-amino-alcohol motifs (C(OH)–C–C–N with tert-alkyl or cyclic N) is 1. The molecule has 1 N–H and O–H groups in total. The fourth-order valence-corrected chi connectivity index (χ4v) is 8.57. The molecule has 1 saturated heterocycles. The molecule has 1 atom stereocenters. The third-order valence-electron chi connectivity index (χ3n) is 10.5. The largest absolute Gasteiger partial charge is 0.417 e. The fourth-order valence-electron chi connectivity index (χ4n) is 7.66. The van der Waals surface area contributed by atoms with Crippen LogP contribution in [0.1, 0.15) is 35.7 Å². The summed E-state index contributed by atoms with van der Waals surface area (Å²) in [7, 11) is 1.98. The van der Waals surface area contributed by atoms with Gasteiger partial charge in [-0.2, -0.15) is 22.6 Å². The Bertz CT molecular complexity index is 2370. The van der Waals surface area contributed by atoms with Crippen LogP contribution >= 0.6 is 11.6 Å². The molecular formula is C37H42ClF3N8O4S. The quantitative estimate of drug-likeness (QED) is 0.221. The van der Waals surface area contributed by atoms with Crippen molar-refractivity contribution in [3.63, 3.8) is 0 Å². The number of aromatic nitrogens is 5. The highest BCUT2D eigenvalue weighted by Gasteiger charge is 2.36. The zero-order chi connectivity index (χ0) is 38.7. The van der Waals surface area contributed by atoms with Crippen molar-refractivity contribution in [2.75, 3.05) is 51.4 Å². The van der Waals surface area contributed by atoms with Crippen molar-refractivity contribution in [2.24, 2.45) is 7.05 Å². The summed E-state index contributed by atoms with van der Waals surface area (Å²) in [6, 6.07) is 13.6. The minimum absolute atomic E-state index is 0.00282. The van der Waals surface area contributed by atoms with Crippen molar-refractivity contribution in [3.8, 4) is 22.4 Å². The molecule has 5 aromatic rings. The zero-order valence-corrected chi connectivity index (χ0v) is 32.0. The van der Waals surface area contributed by atoms with Gasteiger partial charge in [-0.3, -0.25) is 13.8 Å². The van der Waals surface area contributed by atoms with E-state index in [0.717, 1.165) is 29.4 Å². The maximum Gasteiger partial charge on any atom is 0.417 e. The number of piperidine rings is 1. The first-order valence-electron chi connectivity index (χ1n) is 17.7. The number of aliphatic hydroxyl groups is 1. The molecule has 0 aliphatic carbocycles. The highest BCUT2D eigenvalue weighted by molar-refractivity contribution is 7.88. The molecule has 0 saturated carbocycles. The molecule has 2 aliphatic rings. The van der Waals surface area contributed by atoms with Gasteiger partial charge in [0, 0.05) is 88.2 Å². The SMILES string of the molecule is CN(C)c1ccc2c(n1)n(C1CCN(CC(O)Cn3nc(-c4ccc(C(F)(F)F)c(-c5ccc(Cl)cc5)c4)c4c3CCN(S(C)(=O)=O)C4)CC1)c(=O)n2C. The van der Waals surface area contributed by atoms with E-state index in [4.69, 9.17) is 21.7 Å². The molecule has 12 nitrogen and oxygen atoms in total. The van der Waals surface area contributed by atoms with Crippen LogP contribution in [0.2, 0.25) is 5.02 Å². The number of halogens is 4. The highest BCUT2D eigenvalue weighted by Crippen LogP contribution is 2.41. The second-order valence-electron chi connectivity index (χ2n) is 14.4. The lowest BCUT2D eigenvalue weighted by molar-refractivity contribution is -0.137. The topological polar surface area (TPSA) is 122 Å². The Hall–Kier alpha value is -4.22. The Morgan fingerprint density at radius 3 is 2.33 bits per heavy atom. The van der Waals surface area contributed by atoms with Crippen molar-refractivity contribution < 1.29 is 26.7 Å². The van der Waals surface area contributed by atoms with E-state index >= 15 is 0 Å². The van der Waals surface area contributed by atoms with E-state index in [2.05, 4.69) is 4.90 Å². The molecule has 5 heterocycles. The first kappa shape index (κ1) is 38.1. The number of pyridine rings is 1. The smallest absolute Gasteiger partial charge is 0.390 e. The van der Waals surface area contributed by atoms with Crippen molar-refractivity contribution in [1.82, 2.24) is 33.1 Å². The summed E-state index contributed by atoms with van der Waals surface area (Å²) in [5, 5.41) is 16.6. The molecule has 288 valence electrons. The first-order chi connectivity index (χ1) is 25.5. The number of sulfonamides is 1. The summed E-state index contributed by atoms with van der Waals surface area (Å²) < 4.78 is 74.2. The molecule has 1 fully saturated rings. The van der Waals surface area contributed by atoms with E-state index in [0.29, 0.717) is 72.0 Å². The molecule has 0 amide bonds. The van der Waals surface area contributed by atoms with E-state index in [1.165, 1.54) is 40.7 Å². The van der Waals surface area contributed by atoms with Gasteiger partial charge >= 0.3 is 11.9 Å². The number of aryl methyl sites for hydroxylation is 1. The number of anilines is 1. The molecule has 2 aromatic carbocycles. The number of rotatable bonds is 9. The number of benzene rings is 2. The van der Waals surface area contributed by atoms with Gasteiger partial charge in [-0.15, -0.1) is 0 Å². The van der Waals surface area contributed by atoms with Crippen LogP contribution in [0.4, 0.5) is 19.0 Å². The summed E-state index contributed by atoms with van der Waals surface area (Å²) in [5.74, 6) is 0.760. The normalized spacial score (nSPS) is 16.9. The fraction of sp³-hybridized carbons (Fsp3) is 0.432. The summed E-state index contributed by atoms with van der Waals surface area (Å²) in [5.41, 5.74) is 2.82. The van der Waals surface area contributed by atoms with Gasteiger partial charge in [0.2, 0.25) is 10.0 Å². The minimum Gasteiger partial charge on any atom is -0.390 e. The van der Waals surface area contributed by atoms with E-state index < -0.39 is 27.9 Å². The lowest BCUT2D eigenvalue weighted by Crippen LogP contribution is -2.42. The Morgan fingerprint density at radius 2 is 1.69 bits per heavy atom. The minimum atomic E-state index is -4.63. The van der Waals surface area contributed by atoms with Crippen molar-refractivity contribution in [3.05, 3.63) is 86.9 Å². The van der Waals surface area contributed by atoms with Crippen molar-refractivity contribution >= 4 is 38.6 Å². The maximum atomic E-state index is 14.2. The second-order valence-corrected chi connectivity index (χ2v) is 16.8. The predicted molar refractivity (Wildman–Crippen MR) is 202 cm³/mol. The number of alkyl halides is 3. The van der Waals surface area contributed by atoms with E-state index in [1.54, 1.807) is 20.9 Å².